The highest BCUT2D eigenvalue weighted by Gasteiger charge is 2.48. The average molecular weight is 264 g/mol. The van der Waals surface area contributed by atoms with Crippen LogP contribution >= 0.6 is 0 Å². The number of rotatable bonds is 1. The third-order valence-corrected chi connectivity index (χ3v) is 4.18. The lowest BCUT2D eigenvalue weighted by atomic mass is 9.72. The third-order valence-electron chi connectivity index (χ3n) is 4.18. The molecule has 6 heteroatoms. The van der Waals surface area contributed by atoms with Crippen LogP contribution in [-0.2, 0) is 28.7 Å². The topological polar surface area (TPSA) is 86.7 Å². The molecule has 6 nitrogen and oxygen atoms in total. The number of hydrogen-bond donors (Lipinski definition) is 0. The maximum absolute atomic E-state index is 11.7. The summed E-state index contributed by atoms with van der Waals surface area (Å²) in [6.07, 6.45) is 1.09. The first kappa shape index (κ1) is 12.1. The molecule has 100 valence electrons. The Kier molecular flexibility index (Phi) is 2.55. The van der Waals surface area contributed by atoms with Crippen LogP contribution in [0, 0.1) is 17.8 Å². The van der Waals surface area contributed by atoms with Crippen LogP contribution in [0.3, 0.4) is 0 Å². The highest BCUT2D eigenvalue weighted by molar-refractivity contribution is 6.08. The highest BCUT2D eigenvalue weighted by atomic mass is 16.6. The second-order valence-electron chi connectivity index (χ2n) is 5.15. The van der Waals surface area contributed by atoms with Crippen molar-refractivity contribution in [2.75, 3.05) is 0 Å². The van der Waals surface area contributed by atoms with Gasteiger partial charge in [-0.05, 0) is 25.7 Å². The van der Waals surface area contributed by atoms with E-state index in [1.165, 1.54) is 0 Å². The zero-order chi connectivity index (χ0) is 13.7. The summed E-state index contributed by atoms with van der Waals surface area (Å²) in [5.74, 6) is -3.45. The fraction of sp³-hybridized carbons (Fsp3) is 0.538. The van der Waals surface area contributed by atoms with Gasteiger partial charge in [-0.25, -0.2) is 4.79 Å². The van der Waals surface area contributed by atoms with Crippen molar-refractivity contribution in [3.05, 3.63) is 11.1 Å². The van der Waals surface area contributed by atoms with Gasteiger partial charge in [-0.3, -0.25) is 14.4 Å². The molecule has 3 aliphatic rings. The molecular formula is C13H12O6. The van der Waals surface area contributed by atoms with E-state index in [1.54, 1.807) is 6.92 Å². The minimum atomic E-state index is -0.616. The Morgan fingerprint density at radius 2 is 1.68 bits per heavy atom. The minimum Gasteiger partial charge on any atom is -0.393 e. The van der Waals surface area contributed by atoms with Crippen molar-refractivity contribution < 1.29 is 28.7 Å². The van der Waals surface area contributed by atoms with Gasteiger partial charge in [0.2, 0.25) is 0 Å². The molecule has 0 radical (unpaired) electrons. The summed E-state index contributed by atoms with van der Waals surface area (Å²) in [5, 5.41) is 0. The predicted octanol–water partition coefficient (Wildman–Crippen LogP) is 0.502. The quantitative estimate of drug-likeness (QED) is 0.506. The summed E-state index contributed by atoms with van der Waals surface area (Å²) in [5.41, 5.74) is 1.05. The Hall–Kier alpha value is -1.98. The normalized spacial score (nSPS) is 34.5. The maximum Gasteiger partial charge on any atom is 0.342 e. The molecule has 2 aliphatic heterocycles. The molecule has 0 aromatic rings. The van der Waals surface area contributed by atoms with Gasteiger partial charge in [0.05, 0.1) is 23.8 Å². The van der Waals surface area contributed by atoms with E-state index >= 15 is 0 Å². The minimum absolute atomic E-state index is 0.0434. The second kappa shape index (κ2) is 4.01. The number of cyclic esters (lactones) is 4. The maximum atomic E-state index is 11.7. The molecule has 0 N–H and O–H groups in total. The van der Waals surface area contributed by atoms with Crippen molar-refractivity contribution in [3.63, 3.8) is 0 Å². The van der Waals surface area contributed by atoms with Crippen molar-refractivity contribution in [2.45, 2.75) is 26.2 Å². The molecule has 1 aliphatic carbocycles. The molecule has 0 bridgehead atoms. The molecule has 3 unspecified atom stereocenters. The van der Waals surface area contributed by atoms with E-state index in [0.29, 0.717) is 24.0 Å². The zero-order valence-electron chi connectivity index (χ0n) is 10.3. The molecule has 0 aromatic carbocycles. The molecule has 19 heavy (non-hydrogen) atoms. The van der Waals surface area contributed by atoms with E-state index in [1.807, 2.05) is 0 Å². The number of fused-ring (bicyclic) bond motifs is 1. The highest BCUT2D eigenvalue weighted by Crippen LogP contribution is 2.44. The van der Waals surface area contributed by atoms with Gasteiger partial charge in [0.15, 0.2) is 0 Å². The SMILES string of the molecule is CC1=C2C(=O)OC(=O)C2CCC1C1CC(=O)OC1=O. The molecule has 3 atom stereocenters. The van der Waals surface area contributed by atoms with Gasteiger partial charge in [-0.2, -0.15) is 0 Å². The van der Waals surface area contributed by atoms with E-state index in [9.17, 15) is 19.2 Å². The van der Waals surface area contributed by atoms with Gasteiger partial charge in [0.25, 0.3) is 0 Å². The summed E-state index contributed by atoms with van der Waals surface area (Å²) in [6.45, 7) is 1.72. The Bertz CT molecular complexity index is 543. The lowest BCUT2D eigenvalue weighted by Crippen LogP contribution is -2.28. The molecular weight excluding hydrogens is 252 g/mol. The largest absolute Gasteiger partial charge is 0.393 e. The summed E-state index contributed by atoms with van der Waals surface area (Å²) in [6, 6.07) is 0. The third kappa shape index (κ3) is 1.70. The fourth-order valence-corrected chi connectivity index (χ4v) is 3.24. The van der Waals surface area contributed by atoms with Crippen LogP contribution in [0.25, 0.3) is 0 Å². The van der Waals surface area contributed by atoms with E-state index in [4.69, 9.17) is 0 Å². The number of allylic oxidation sites excluding steroid dienone is 1. The monoisotopic (exact) mass is 264 g/mol. The lowest BCUT2D eigenvalue weighted by molar-refractivity contribution is -0.154. The average Bonchev–Trinajstić information content (AvgIpc) is 2.81. The van der Waals surface area contributed by atoms with Crippen molar-refractivity contribution in [2.24, 2.45) is 17.8 Å². The van der Waals surface area contributed by atoms with Gasteiger partial charge in [0, 0.05) is 0 Å². The predicted molar refractivity (Wildman–Crippen MR) is 59.2 cm³/mol. The van der Waals surface area contributed by atoms with Crippen molar-refractivity contribution in [1.82, 2.24) is 0 Å². The number of esters is 4. The van der Waals surface area contributed by atoms with Crippen LogP contribution in [0.4, 0.5) is 0 Å². The van der Waals surface area contributed by atoms with Crippen LogP contribution in [0.2, 0.25) is 0 Å². The number of ether oxygens (including phenoxy) is 2. The Balaban J connectivity index is 1.96. The van der Waals surface area contributed by atoms with E-state index < -0.39 is 35.7 Å². The molecule has 0 aromatic heterocycles. The molecule has 2 saturated heterocycles. The van der Waals surface area contributed by atoms with Gasteiger partial charge >= 0.3 is 23.9 Å². The molecule has 2 heterocycles. The Labute approximate surface area is 108 Å². The Morgan fingerprint density at radius 1 is 0.947 bits per heavy atom. The van der Waals surface area contributed by atoms with Crippen LogP contribution in [0.5, 0.6) is 0 Å². The van der Waals surface area contributed by atoms with Gasteiger partial charge in [-0.15, -0.1) is 0 Å². The van der Waals surface area contributed by atoms with Crippen LogP contribution in [0.15, 0.2) is 11.1 Å². The summed E-state index contributed by atoms with van der Waals surface area (Å²) in [7, 11) is 0. The van der Waals surface area contributed by atoms with Crippen LogP contribution in [-0.4, -0.2) is 23.9 Å². The standard InChI is InChI=1S/C13H12O6/c1-5-6(8-4-9(14)18-12(8)16)2-3-7-10(5)13(17)19-11(7)15/h6-8H,2-4H2,1H3. The summed E-state index contributed by atoms with van der Waals surface area (Å²) in [4.78, 5) is 45.9. The summed E-state index contributed by atoms with van der Waals surface area (Å²) >= 11 is 0. The molecule has 0 spiro atoms. The van der Waals surface area contributed by atoms with Crippen LogP contribution in [0.1, 0.15) is 26.2 Å². The molecule has 3 rings (SSSR count). The van der Waals surface area contributed by atoms with Crippen molar-refractivity contribution in [3.8, 4) is 0 Å². The number of hydrogen-bond acceptors (Lipinski definition) is 6. The van der Waals surface area contributed by atoms with Crippen molar-refractivity contribution in [1.29, 1.82) is 0 Å². The molecule has 2 fully saturated rings. The zero-order valence-corrected chi connectivity index (χ0v) is 10.3. The number of carbonyl (C=O) groups is 4. The van der Waals surface area contributed by atoms with Gasteiger partial charge < -0.3 is 9.47 Å². The first-order valence-corrected chi connectivity index (χ1v) is 6.20. The van der Waals surface area contributed by atoms with Gasteiger partial charge in [0.1, 0.15) is 0 Å². The van der Waals surface area contributed by atoms with E-state index in [-0.39, 0.29) is 12.3 Å². The van der Waals surface area contributed by atoms with E-state index in [0.717, 1.165) is 0 Å². The fourth-order valence-electron chi connectivity index (χ4n) is 3.24. The smallest absolute Gasteiger partial charge is 0.342 e. The molecule has 0 amide bonds. The van der Waals surface area contributed by atoms with Crippen molar-refractivity contribution >= 4 is 23.9 Å². The first-order valence-electron chi connectivity index (χ1n) is 6.20. The van der Waals surface area contributed by atoms with Gasteiger partial charge in [-0.1, -0.05) is 5.57 Å². The van der Waals surface area contributed by atoms with E-state index in [2.05, 4.69) is 9.47 Å². The number of carbonyl (C=O) groups excluding carboxylic acids is 4. The summed E-state index contributed by atoms with van der Waals surface area (Å²) < 4.78 is 9.17. The molecule has 0 saturated carbocycles. The first-order chi connectivity index (χ1) is 8.99. The Morgan fingerprint density at radius 3 is 2.32 bits per heavy atom. The lowest BCUT2D eigenvalue weighted by Gasteiger charge is -2.28. The second-order valence-corrected chi connectivity index (χ2v) is 5.15. The van der Waals surface area contributed by atoms with Crippen LogP contribution < -0.4 is 0 Å².